The zero-order valence-electron chi connectivity index (χ0n) is 93.4. The fourth-order valence-corrected chi connectivity index (χ4v) is 96.6. The fourth-order valence-electron chi connectivity index (χ4n) is 19.4. The van der Waals surface area contributed by atoms with Crippen LogP contribution in [0.1, 0.15) is 248 Å². The fraction of sp³-hybridized carbons (Fsp3) is 0.860. The summed E-state index contributed by atoms with van der Waals surface area (Å²) in [5, 5.41) is 1.88. The summed E-state index contributed by atoms with van der Waals surface area (Å²) in [6.07, 6.45) is 28.8. The average Bonchev–Trinajstić information content (AvgIpc) is 0.810. The van der Waals surface area contributed by atoms with Crippen LogP contribution in [0.3, 0.4) is 0 Å². The van der Waals surface area contributed by atoms with Crippen molar-refractivity contribution in [3.05, 3.63) is 85.7 Å². The van der Waals surface area contributed by atoms with Crippen molar-refractivity contribution in [2.24, 2.45) is 107 Å². The van der Waals surface area contributed by atoms with Gasteiger partial charge in [-0.2, -0.15) is 0 Å². The van der Waals surface area contributed by atoms with E-state index in [9.17, 15) is 0 Å². The summed E-state index contributed by atoms with van der Waals surface area (Å²) in [6, 6.07) is 2.48. The van der Waals surface area contributed by atoms with Crippen molar-refractivity contribution < 1.29 is 40.4 Å². The predicted octanol–water partition coefficient (Wildman–Crippen LogP) is 37.6. The van der Waals surface area contributed by atoms with Crippen molar-refractivity contribution in [2.45, 2.75) is 429 Å². The standard InChI is InChI=1S/C53H108.C27H65IO6Si9.C11H28O2Si3.C9H21IO2S2Si/c1-36(2)21-44(17)29-50(35-51(33-48(23-38(5)6)24-39(7)8)34-49(25-40(9)10)26-41(11)12)31-46(19)53(30-45(18)22-37(3)4)32-47(20)52(27-42(13)14)28-43(15)16;1-20-35(5,6)29-41(17,30-36(7,8)21-2)26-24-39(13,14)33-43(19,28)34-40(15,16)25-27-42(18,31-37(9,10)22-3)32-38(11,12)23-4;1-9-11-15(5,6)13-16(7,8)12-14(3,4)10-2;1-8-13(3,4)11-14(5,10)12-15(6,7)9-2/h36-53H,21-35H2,1-20H3;20-23H,1-4,24-27H2,5-19H3;10H,2,9,11H2,1,3-8H3;8-9H,1-2H2,3-7H3. The van der Waals surface area contributed by atoms with Crippen LogP contribution in [0.4, 0.5) is 0 Å². The molecule has 127 heavy (non-hydrogen) atoms. The van der Waals surface area contributed by atoms with E-state index < -0.39 is 125 Å². The number of rotatable bonds is 67. The molecule has 0 radical (unpaired) electrons. The molecular formula is C100H222I2O10S2Si13. The van der Waals surface area contributed by atoms with Gasteiger partial charge in [0.05, 0.1) is 21.2 Å². The van der Waals surface area contributed by atoms with E-state index in [0.717, 1.165) is 131 Å². The molecule has 0 saturated heterocycles. The first kappa shape index (κ1) is 136. The lowest BCUT2D eigenvalue weighted by Crippen LogP contribution is -2.56. The molecule has 0 aromatic rings. The SMILES string of the molecule is C=C[Si](C)(C)OS(C)(I)OS(C)(C)C=C.C=C[Si](C)(C)O[Si](C)(C)O[Si](C)(C)CCC.C=C[Si](C)(C)O[Si](C)(CC[Si](C)(C)O[Si](C)(I)O[Si](C)(C)CC[Si](C)(O[Si](C)(C)C=C)O[Si](C)(C)C=C)O[Si](C)(C)C=C.CC(C)CC(C)CC(CC(CC(CC(C)C)CC(C)C)CC(CC(C)C)CC(C)C)CC(C)C(CC(C)CC(C)C)CC(C)C(CC(C)C)CC(C)C. The number of halogens is 2. The van der Waals surface area contributed by atoms with Crippen LogP contribution in [-0.2, 0) is 40.4 Å². The summed E-state index contributed by atoms with van der Waals surface area (Å²) in [6.45, 7) is 131. The third kappa shape index (κ3) is 71.8. The molecule has 0 heterocycles. The molecule has 0 aliphatic heterocycles. The number of hydrogen-bond acceptors (Lipinski definition) is 10. The third-order valence-electron chi connectivity index (χ3n) is 24.0. The largest absolute Gasteiger partial charge is 0.437 e. The molecule has 0 amide bonds. The quantitative estimate of drug-likeness (QED) is 0.0333. The molecule has 0 saturated carbocycles. The minimum Gasteiger partial charge on any atom is -0.437 e. The normalized spacial score (nSPS) is 16.2. The van der Waals surface area contributed by atoms with Crippen LogP contribution >= 0.6 is 61.1 Å². The Morgan fingerprint density at radius 3 is 0.827 bits per heavy atom. The van der Waals surface area contributed by atoms with Gasteiger partial charge in [0.25, 0.3) is 0 Å². The molecule has 0 fully saturated rings. The summed E-state index contributed by atoms with van der Waals surface area (Å²) in [7, 11) is -27.0. The molecule has 10 nitrogen and oxygen atoms in total. The minimum absolute atomic E-state index is 0.797. The minimum atomic E-state index is -2.49. The molecule has 27 heteroatoms. The van der Waals surface area contributed by atoms with Gasteiger partial charge in [-0.25, -0.2) is 3.63 Å². The summed E-state index contributed by atoms with van der Waals surface area (Å²) < 4.78 is 65.9. The Bertz CT molecular complexity index is 2840. The molecule has 760 valence electrons. The van der Waals surface area contributed by atoms with E-state index in [1.165, 1.54) is 109 Å². The summed E-state index contributed by atoms with van der Waals surface area (Å²) >= 11 is 4.77. The molecule has 0 aliphatic rings. The highest BCUT2D eigenvalue weighted by atomic mass is 127. The van der Waals surface area contributed by atoms with Crippen LogP contribution in [0.5, 0.6) is 0 Å². The maximum atomic E-state index is 7.00. The molecule has 0 spiro atoms. The first-order chi connectivity index (χ1) is 56.9. The van der Waals surface area contributed by atoms with Crippen LogP contribution in [0.25, 0.3) is 0 Å². The molecule has 0 bridgehead atoms. The summed E-state index contributed by atoms with van der Waals surface area (Å²) in [5.74, 6) is 14.9. The van der Waals surface area contributed by atoms with E-state index in [0.29, 0.717) is 0 Å². The summed E-state index contributed by atoms with van der Waals surface area (Å²) in [5.41, 5.74) is 11.9. The lowest BCUT2D eigenvalue weighted by Gasteiger charge is -2.44. The van der Waals surface area contributed by atoms with Crippen LogP contribution in [0.15, 0.2) is 85.7 Å². The Morgan fingerprint density at radius 1 is 0.283 bits per heavy atom. The van der Waals surface area contributed by atoms with Crippen LogP contribution in [0, 0.1) is 107 Å². The van der Waals surface area contributed by atoms with Gasteiger partial charge in [0.1, 0.15) is 0 Å². The van der Waals surface area contributed by atoms with Gasteiger partial charge in [-0.3, -0.25) is 0 Å². The van der Waals surface area contributed by atoms with Gasteiger partial charge in [0.2, 0.25) is 8.32 Å². The van der Waals surface area contributed by atoms with Crippen LogP contribution < -0.4 is 0 Å². The monoisotopic (exact) mass is 2270 g/mol. The van der Waals surface area contributed by atoms with Crippen molar-refractivity contribution in [1.82, 2.24) is 0 Å². The number of hydrogen-bond donors (Lipinski definition) is 0. The maximum absolute atomic E-state index is 7.00. The molecule has 0 N–H and O–H groups in total. The van der Waals surface area contributed by atoms with Gasteiger partial charge < -0.3 is 36.8 Å². The van der Waals surface area contributed by atoms with E-state index in [-0.39, 0.29) is 0 Å². The second-order valence-electron chi connectivity index (χ2n) is 49.3. The lowest BCUT2D eigenvalue weighted by molar-refractivity contribution is 0.136. The van der Waals surface area contributed by atoms with E-state index in [2.05, 4.69) is 398 Å². The lowest BCUT2D eigenvalue weighted by atomic mass is 9.68. The van der Waals surface area contributed by atoms with Crippen LogP contribution in [0.2, 0.25) is 181 Å². The molecular weight excluding hydrogens is 2040 g/mol. The molecule has 7 atom stereocenters. The first-order valence-corrected chi connectivity index (χ1v) is 97.7. The predicted molar refractivity (Wildman–Crippen MR) is 633 cm³/mol. The van der Waals surface area contributed by atoms with Crippen molar-refractivity contribution >= 4 is 168 Å². The first-order valence-electron chi connectivity index (χ1n) is 50.3. The summed E-state index contributed by atoms with van der Waals surface area (Å²) in [4.78, 5) is 0. The van der Waals surface area contributed by atoms with Crippen LogP contribution in [-0.4, -0.2) is 125 Å². The highest BCUT2D eigenvalue weighted by molar-refractivity contribution is 14.2. The van der Waals surface area contributed by atoms with E-state index in [1.807, 2.05) is 45.9 Å². The Kier molecular flexibility index (Phi) is 65.9. The smallest absolute Gasteiger partial charge is 0.384 e. The van der Waals surface area contributed by atoms with Crippen molar-refractivity contribution in [3.63, 3.8) is 0 Å². The van der Waals surface area contributed by atoms with E-state index in [1.54, 1.807) is 0 Å². The Labute approximate surface area is 839 Å². The van der Waals surface area contributed by atoms with Gasteiger partial charge in [0, 0.05) is 6.26 Å². The van der Waals surface area contributed by atoms with Gasteiger partial charge >= 0.3 is 31.7 Å². The molecule has 0 aliphatic carbocycles. The van der Waals surface area contributed by atoms with E-state index >= 15 is 0 Å². The van der Waals surface area contributed by atoms with Crippen molar-refractivity contribution in [1.29, 1.82) is 0 Å². The van der Waals surface area contributed by atoms with Gasteiger partial charge in [-0.1, -0.05) is 225 Å². The molecule has 0 aromatic heterocycles. The molecule has 0 aromatic carbocycles. The van der Waals surface area contributed by atoms with Gasteiger partial charge in [-0.15, -0.1) is 47.2 Å². The molecule has 7 unspecified atom stereocenters. The van der Waals surface area contributed by atoms with Gasteiger partial charge in [-0.05, 0) is 402 Å². The highest BCUT2D eigenvalue weighted by Crippen LogP contribution is 2.67. The Morgan fingerprint density at radius 2 is 0.543 bits per heavy atom. The van der Waals surface area contributed by atoms with Crippen molar-refractivity contribution in [2.75, 3.05) is 18.8 Å². The Balaban J connectivity index is -0.000000900. The Hall–Kier alpha value is 2.76. The highest BCUT2D eigenvalue weighted by Gasteiger charge is 2.49. The second-order valence-corrected chi connectivity index (χ2v) is 116. The van der Waals surface area contributed by atoms with E-state index in [4.69, 9.17) is 40.4 Å². The topological polar surface area (TPSA) is 92.3 Å². The zero-order valence-corrected chi connectivity index (χ0v) is 112. The molecule has 0 rings (SSSR count). The average molecular weight is 2270 g/mol. The zero-order chi connectivity index (χ0) is 101. The third-order valence-corrected chi connectivity index (χ3v) is 81.8. The second kappa shape index (κ2) is 61.6. The van der Waals surface area contributed by atoms with Crippen molar-refractivity contribution in [3.8, 4) is 0 Å². The maximum Gasteiger partial charge on any atom is 0.384 e. The van der Waals surface area contributed by atoms with Gasteiger partial charge in [0.15, 0.2) is 66.5 Å².